The number of hydrogen-bond acceptors (Lipinski definition) is 3. The Balaban J connectivity index is 2.46. The number of rotatable bonds is 1. The maximum Gasteiger partial charge on any atom is 0.151 e. The number of allylic oxidation sites excluding steroid dienone is 1. The lowest BCUT2D eigenvalue weighted by atomic mass is 9.78. The molecule has 3 heteroatoms. The molecule has 2 aliphatic heterocycles. The molecule has 0 aliphatic carbocycles. The van der Waals surface area contributed by atoms with Crippen molar-refractivity contribution in [2.75, 3.05) is 6.54 Å². The summed E-state index contributed by atoms with van der Waals surface area (Å²) >= 11 is 0. The van der Waals surface area contributed by atoms with Gasteiger partial charge in [0.05, 0.1) is 11.1 Å². The smallest absolute Gasteiger partial charge is 0.151 e. The molecule has 0 aromatic carbocycles. The summed E-state index contributed by atoms with van der Waals surface area (Å²) in [5.74, 6) is 0.838. The van der Waals surface area contributed by atoms with E-state index >= 15 is 0 Å². The molecule has 96 valence electrons. The van der Waals surface area contributed by atoms with Gasteiger partial charge in [-0.2, -0.15) is 0 Å². The molecule has 2 heterocycles. The van der Waals surface area contributed by atoms with Gasteiger partial charge in [0.2, 0.25) is 0 Å². The van der Waals surface area contributed by atoms with Crippen LogP contribution in [-0.4, -0.2) is 23.4 Å². The lowest BCUT2D eigenvalue weighted by Gasteiger charge is -2.26. The van der Waals surface area contributed by atoms with Crippen molar-refractivity contribution in [3.63, 3.8) is 0 Å². The topological polar surface area (TPSA) is 29.5 Å². The number of nitrogens with zero attached hydrogens (tertiary/aromatic N) is 1. The summed E-state index contributed by atoms with van der Waals surface area (Å²) in [5, 5.41) is 2.00. The van der Waals surface area contributed by atoms with Gasteiger partial charge < -0.3 is 4.84 Å². The maximum atomic E-state index is 11.5. The molecule has 17 heavy (non-hydrogen) atoms. The van der Waals surface area contributed by atoms with Crippen LogP contribution in [0, 0.1) is 10.8 Å². The van der Waals surface area contributed by atoms with E-state index in [1.807, 2.05) is 5.06 Å². The fraction of sp³-hybridized carbons (Fsp3) is 0.786. The Labute approximate surface area is 104 Å². The highest BCUT2D eigenvalue weighted by Gasteiger charge is 2.56. The zero-order valence-corrected chi connectivity index (χ0v) is 11.8. The summed E-state index contributed by atoms with van der Waals surface area (Å²) in [6, 6.07) is 0. The highest BCUT2D eigenvalue weighted by molar-refractivity contribution is 5.79. The standard InChI is InChI=1S/C14H23NO2/c1-12(2,3)11-10(7-16)14(6)8-13(4,5)9-15(14)17-11/h7H,8-9H2,1-6H3. The molecule has 1 fully saturated rings. The van der Waals surface area contributed by atoms with Crippen LogP contribution in [0.1, 0.15) is 48.0 Å². The summed E-state index contributed by atoms with van der Waals surface area (Å²) in [5.41, 5.74) is 0.671. The van der Waals surface area contributed by atoms with Gasteiger partial charge in [-0.05, 0) is 18.8 Å². The second-order valence-electron chi connectivity index (χ2n) is 7.35. The number of fused-ring (bicyclic) bond motifs is 1. The largest absolute Gasteiger partial charge is 0.409 e. The fourth-order valence-electron chi connectivity index (χ4n) is 3.13. The number of carbonyl (C=O) groups is 1. The van der Waals surface area contributed by atoms with Crippen molar-refractivity contribution >= 4 is 6.29 Å². The van der Waals surface area contributed by atoms with E-state index in [0.29, 0.717) is 0 Å². The van der Waals surface area contributed by atoms with Gasteiger partial charge in [0.15, 0.2) is 6.29 Å². The molecule has 1 atom stereocenters. The molecule has 0 bridgehead atoms. The van der Waals surface area contributed by atoms with Gasteiger partial charge in [0.1, 0.15) is 5.76 Å². The van der Waals surface area contributed by atoms with Crippen LogP contribution in [0.25, 0.3) is 0 Å². The van der Waals surface area contributed by atoms with Crippen molar-refractivity contribution in [3.8, 4) is 0 Å². The molecule has 0 aromatic rings. The van der Waals surface area contributed by atoms with Gasteiger partial charge in [0, 0.05) is 12.0 Å². The van der Waals surface area contributed by atoms with E-state index in [9.17, 15) is 4.79 Å². The molecule has 1 unspecified atom stereocenters. The first-order valence-electron chi connectivity index (χ1n) is 6.26. The predicted molar refractivity (Wildman–Crippen MR) is 67.1 cm³/mol. The summed E-state index contributed by atoms with van der Waals surface area (Å²) in [6.45, 7) is 13.7. The van der Waals surface area contributed by atoms with E-state index in [0.717, 1.165) is 30.6 Å². The Morgan fingerprint density at radius 1 is 1.29 bits per heavy atom. The molecular weight excluding hydrogens is 214 g/mol. The Bertz CT molecular complexity index is 390. The molecule has 2 rings (SSSR count). The molecule has 0 spiro atoms. The number of hydroxylamine groups is 2. The molecule has 0 N–H and O–H groups in total. The minimum absolute atomic E-state index is 0.117. The van der Waals surface area contributed by atoms with Gasteiger partial charge in [-0.15, -0.1) is 5.06 Å². The Kier molecular flexibility index (Phi) is 2.48. The van der Waals surface area contributed by atoms with Crippen LogP contribution < -0.4 is 0 Å². The SMILES string of the molecule is CC1(C)CN2OC(C(C)(C)C)=C(C=O)C2(C)C1. The Hall–Kier alpha value is -0.830. The molecule has 1 saturated heterocycles. The van der Waals surface area contributed by atoms with E-state index < -0.39 is 0 Å². The lowest BCUT2D eigenvalue weighted by molar-refractivity contribution is -0.142. The van der Waals surface area contributed by atoms with E-state index in [2.05, 4.69) is 41.5 Å². The summed E-state index contributed by atoms with van der Waals surface area (Å²) in [6.07, 6.45) is 1.95. The van der Waals surface area contributed by atoms with Crippen LogP contribution in [0.15, 0.2) is 11.3 Å². The predicted octanol–water partition coefficient (Wildman–Crippen LogP) is 2.92. The molecule has 3 nitrogen and oxygen atoms in total. The Morgan fingerprint density at radius 2 is 1.88 bits per heavy atom. The zero-order valence-electron chi connectivity index (χ0n) is 11.8. The van der Waals surface area contributed by atoms with E-state index in [1.54, 1.807) is 0 Å². The average molecular weight is 237 g/mol. The van der Waals surface area contributed by atoms with Gasteiger partial charge in [0.25, 0.3) is 0 Å². The minimum atomic E-state index is -0.242. The normalized spacial score (nSPS) is 32.6. The first-order chi connectivity index (χ1) is 7.60. The van der Waals surface area contributed by atoms with Crippen molar-refractivity contribution in [1.82, 2.24) is 5.06 Å². The summed E-state index contributed by atoms with van der Waals surface area (Å²) < 4.78 is 0. The highest BCUT2D eigenvalue weighted by Crippen LogP contribution is 2.52. The molecule has 0 saturated carbocycles. The number of aldehydes is 1. The Morgan fingerprint density at radius 3 is 2.35 bits per heavy atom. The van der Waals surface area contributed by atoms with Crippen LogP contribution in [0.4, 0.5) is 0 Å². The van der Waals surface area contributed by atoms with Gasteiger partial charge in [-0.25, -0.2) is 0 Å². The third-order valence-electron chi connectivity index (χ3n) is 3.77. The summed E-state index contributed by atoms with van der Waals surface area (Å²) in [7, 11) is 0. The third kappa shape index (κ3) is 1.81. The molecular formula is C14H23NO2. The van der Waals surface area contributed by atoms with Gasteiger partial charge in [-0.3, -0.25) is 4.79 Å². The first kappa shape index (κ1) is 12.6. The van der Waals surface area contributed by atoms with E-state index in [1.165, 1.54) is 0 Å². The monoisotopic (exact) mass is 237 g/mol. The van der Waals surface area contributed by atoms with E-state index in [-0.39, 0.29) is 16.4 Å². The van der Waals surface area contributed by atoms with Crippen molar-refractivity contribution in [1.29, 1.82) is 0 Å². The number of carbonyl (C=O) groups excluding carboxylic acids is 1. The van der Waals surface area contributed by atoms with Crippen LogP contribution in [0.2, 0.25) is 0 Å². The lowest BCUT2D eigenvalue weighted by Crippen LogP contribution is -2.37. The fourth-order valence-corrected chi connectivity index (χ4v) is 3.13. The summed E-state index contributed by atoms with van der Waals surface area (Å²) in [4.78, 5) is 17.4. The average Bonchev–Trinajstić information content (AvgIpc) is 2.48. The number of hydrogen-bond donors (Lipinski definition) is 0. The highest BCUT2D eigenvalue weighted by atomic mass is 16.7. The quantitative estimate of drug-likeness (QED) is 0.657. The van der Waals surface area contributed by atoms with Crippen molar-refractivity contribution in [2.24, 2.45) is 10.8 Å². The van der Waals surface area contributed by atoms with Crippen LogP contribution in [-0.2, 0) is 9.63 Å². The molecule has 0 aromatic heterocycles. The van der Waals surface area contributed by atoms with Crippen molar-refractivity contribution in [2.45, 2.75) is 53.5 Å². The van der Waals surface area contributed by atoms with Crippen LogP contribution in [0.3, 0.4) is 0 Å². The second-order valence-corrected chi connectivity index (χ2v) is 7.35. The van der Waals surface area contributed by atoms with Crippen molar-refractivity contribution in [3.05, 3.63) is 11.3 Å². The molecule has 2 aliphatic rings. The van der Waals surface area contributed by atoms with Crippen molar-refractivity contribution < 1.29 is 9.63 Å². The van der Waals surface area contributed by atoms with Crippen LogP contribution in [0.5, 0.6) is 0 Å². The minimum Gasteiger partial charge on any atom is -0.409 e. The third-order valence-corrected chi connectivity index (χ3v) is 3.77. The van der Waals surface area contributed by atoms with E-state index in [4.69, 9.17) is 4.84 Å². The molecule has 0 radical (unpaired) electrons. The van der Waals surface area contributed by atoms with Crippen LogP contribution >= 0.6 is 0 Å². The van der Waals surface area contributed by atoms with Gasteiger partial charge in [-0.1, -0.05) is 34.6 Å². The maximum absolute atomic E-state index is 11.5. The second kappa shape index (κ2) is 3.35. The van der Waals surface area contributed by atoms with Gasteiger partial charge >= 0.3 is 0 Å². The first-order valence-corrected chi connectivity index (χ1v) is 6.26. The molecule has 0 amide bonds. The zero-order chi connectivity index (χ0) is 13.1.